The summed E-state index contributed by atoms with van der Waals surface area (Å²) >= 11 is 0. The van der Waals surface area contributed by atoms with Gasteiger partial charge < -0.3 is 10.6 Å². The number of benzene rings is 1. The van der Waals surface area contributed by atoms with Gasteiger partial charge in [0.05, 0.1) is 10.8 Å². The highest BCUT2D eigenvalue weighted by molar-refractivity contribution is 6.00. The number of aryl methyl sites for hydroxylation is 2. The Morgan fingerprint density at radius 2 is 2.05 bits per heavy atom. The summed E-state index contributed by atoms with van der Waals surface area (Å²) in [5.74, 6) is -1.19. The summed E-state index contributed by atoms with van der Waals surface area (Å²) in [6.45, 7) is 3.55. The average Bonchev–Trinajstić information content (AvgIpc) is 2.73. The molecule has 0 aromatic heterocycles. The zero-order chi connectivity index (χ0) is 15.0. The molecule has 0 spiro atoms. The van der Waals surface area contributed by atoms with Crippen LogP contribution in [-0.4, -0.2) is 23.3 Å². The summed E-state index contributed by atoms with van der Waals surface area (Å²) in [5.41, 5.74) is 6.95. The van der Waals surface area contributed by atoms with Crippen LogP contribution >= 0.6 is 0 Å². The first kappa shape index (κ1) is 14.0. The van der Waals surface area contributed by atoms with Crippen molar-refractivity contribution >= 4 is 23.2 Å². The van der Waals surface area contributed by atoms with E-state index in [9.17, 15) is 19.7 Å². The lowest BCUT2D eigenvalue weighted by molar-refractivity contribution is -0.385. The Kier molecular flexibility index (Phi) is 3.44. The number of carbonyl (C=O) groups excluding carboxylic acids is 2. The number of nitro benzene ring substituents is 1. The van der Waals surface area contributed by atoms with Gasteiger partial charge in [0.2, 0.25) is 11.8 Å². The molecule has 2 N–H and O–H groups in total. The highest BCUT2D eigenvalue weighted by Crippen LogP contribution is 2.32. The molecule has 0 aliphatic carbocycles. The zero-order valence-corrected chi connectivity index (χ0v) is 11.3. The number of primary amides is 1. The standard InChI is InChI=1S/C13H15N3O4/c1-7-4-11(16(19)20)8(2)3-10(7)15-6-9(13(14)18)5-12(15)17/h3-4,9H,5-6H2,1-2H3,(H2,14,18). The van der Waals surface area contributed by atoms with Gasteiger partial charge in [-0.05, 0) is 25.5 Å². The van der Waals surface area contributed by atoms with Crippen molar-refractivity contribution in [2.45, 2.75) is 20.3 Å². The van der Waals surface area contributed by atoms with Crippen molar-refractivity contribution in [1.82, 2.24) is 0 Å². The maximum Gasteiger partial charge on any atom is 0.272 e. The van der Waals surface area contributed by atoms with E-state index in [1.807, 2.05) is 0 Å². The van der Waals surface area contributed by atoms with Gasteiger partial charge in [-0.3, -0.25) is 19.7 Å². The molecule has 1 saturated heterocycles. The van der Waals surface area contributed by atoms with Gasteiger partial charge in [0.25, 0.3) is 5.69 Å². The molecular weight excluding hydrogens is 262 g/mol. The Morgan fingerprint density at radius 1 is 1.40 bits per heavy atom. The largest absolute Gasteiger partial charge is 0.369 e. The van der Waals surface area contributed by atoms with Crippen LogP contribution in [0.2, 0.25) is 0 Å². The number of nitrogens with two attached hydrogens (primary N) is 1. The normalized spacial score (nSPS) is 18.4. The van der Waals surface area contributed by atoms with Gasteiger partial charge in [0.1, 0.15) is 0 Å². The van der Waals surface area contributed by atoms with Gasteiger partial charge in [0.15, 0.2) is 0 Å². The molecule has 1 unspecified atom stereocenters. The molecule has 20 heavy (non-hydrogen) atoms. The maximum atomic E-state index is 12.0. The third-order valence-corrected chi connectivity index (χ3v) is 3.53. The molecule has 1 aliphatic heterocycles. The average molecular weight is 277 g/mol. The molecule has 1 aromatic rings. The van der Waals surface area contributed by atoms with E-state index in [-0.39, 0.29) is 24.6 Å². The summed E-state index contributed by atoms with van der Waals surface area (Å²) in [7, 11) is 0. The van der Waals surface area contributed by atoms with Gasteiger partial charge in [-0.15, -0.1) is 0 Å². The minimum absolute atomic E-state index is 0.0179. The highest BCUT2D eigenvalue weighted by atomic mass is 16.6. The zero-order valence-electron chi connectivity index (χ0n) is 11.3. The molecule has 2 amide bonds. The van der Waals surface area contributed by atoms with E-state index in [1.54, 1.807) is 19.9 Å². The van der Waals surface area contributed by atoms with Crippen LogP contribution in [0.5, 0.6) is 0 Å². The lowest BCUT2D eigenvalue weighted by Gasteiger charge is -2.19. The van der Waals surface area contributed by atoms with E-state index < -0.39 is 16.7 Å². The molecular formula is C13H15N3O4. The fourth-order valence-corrected chi connectivity index (χ4v) is 2.40. The topological polar surface area (TPSA) is 107 Å². The van der Waals surface area contributed by atoms with Crippen molar-refractivity contribution in [3.63, 3.8) is 0 Å². The van der Waals surface area contributed by atoms with Crippen LogP contribution in [0.4, 0.5) is 11.4 Å². The Bertz CT molecular complexity index is 612. The Hall–Kier alpha value is -2.44. The molecule has 1 fully saturated rings. The molecule has 7 heteroatoms. The maximum absolute atomic E-state index is 12.0. The van der Waals surface area contributed by atoms with E-state index in [0.29, 0.717) is 16.8 Å². The SMILES string of the molecule is Cc1cc([N+](=O)[O-])c(C)cc1N1CC(C(N)=O)CC1=O. The van der Waals surface area contributed by atoms with Crippen LogP contribution < -0.4 is 10.6 Å². The summed E-state index contributed by atoms with van der Waals surface area (Å²) in [6.07, 6.45) is 0.0881. The lowest BCUT2D eigenvalue weighted by Crippen LogP contribution is -2.29. The quantitative estimate of drug-likeness (QED) is 0.658. The molecule has 0 saturated carbocycles. The van der Waals surface area contributed by atoms with Crippen LogP contribution in [0.3, 0.4) is 0 Å². The second-order valence-electron chi connectivity index (χ2n) is 4.99. The third kappa shape index (κ3) is 2.34. The number of nitro groups is 1. The Balaban J connectivity index is 2.39. The van der Waals surface area contributed by atoms with Crippen molar-refractivity contribution < 1.29 is 14.5 Å². The van der Waals surface area contributed by atoms with E-state index in [1.165, 1.54) is 11.0 Å². The van der Waals surface area contributed by atoms with E-state index >= 15 is 0 Å². The molecule has 1 atom stereocenters. The van der Waals surface area contributed by atoms with Crippen LogP contribution in [-0.2, 0) is 9.59 Å². The monoisotopic (exact) mass is 277 g/mol. The number of rotatable bonds is 3. The van der Waals surface area contributed by atoms with Gasteiger partial charge in [-0.1, -0.05) is 0 Å². The van der Waals surface area contributed by atoms with Gasteiger partial charge >= 0.3 is 0 Å². The van der Waals surface area contributed by atoms with Crippen molar-refractivity contribution in [1.29, 1.82) is 0 Å². The second kappa shape index (κ2) is 4.92. The first-order valence-corrected chi connectivity index (χ1v) is 6.16. The number of amides is 2. The molecule has 1 aliphatic rings. The molecule has 106 valence electrons. The van der Waals surface area contributed by atoms with Gasteiger partial charge in [-0.2, -0.15) is 0 Å². The van der Waals surface area contributed by atoms with Crippen LogP contribution in [0, 0.1) is 29.9 Å². The van der Waals surface area contributed by atoms with Crippen LogP contribution in [0.25, 0.3) is 0 Å². The Morgan fingerprint density at radius 3 is 2.55 bits per heavy atom. The number of anilines is 1. The summed E-state index contributed by atoms with van der Waals surface area (Å²) in [4.78, 5) is 35.0. The predicted octanol–water partition coefficient (Wildman–Crippen LogP) is 1.05. The molecule has 7 nitrogen and oxygen atoms in total. The Labute approximate surface area is 115 Å². The summed E-state index contributed by atoms with van der Waals surface area (Å²) < 4.78 is 0. The first-order valence-electron chi connectivity index (χ1n) is 6.16. The fourth-order valence-electron chi connectivity index (χ4n) is 2.40. The van der Waals surface area contributed by atoms with Crippen molar-refractivity contribution in [3.8, 4) is 0 Å². The number of carbonyl (C=O) groups is 2. The van der Waals surface area contributed by atoms with Crippen LogP contribution in [0.15, 0.2) is 12.1 Å². The first-order chi connectivity index (χ1) is 9.31. The van der Waals surface area contributed by atoms with Crippen molar-refractivity contribution in [2.75, 3.05) is 11.4 Å². The summed E-state index contributed by atoms with van der Waals surface area (Å²) in [6, 6.07) is 3.05. The number of nitrogens with zero attached hydrogens (tertiary/aromatic N) is 2. The number of hydrogen-bond acceptors (Lipinski definition) is 4. The third-order valence-electron chi connectivity index (χ3n) is 3.53. The molecule has 1 heterocycles. The van der Waals surface area contributed by atoms with Crippen molar-refractivity contribution in [3.05, 3.63) is 33.4 Å². The second-order valence-corrected chi connectivity index (χ2v) is 4.99. The fraction of sp³-hybridized carbons (Fsp3) is 0.385. The van der Waals surface area contributed by atoms with Gasteiger partial charge in [-0.25, -0.2) is 0 Å². The van der Waals surface area contributed by atoms with E-state index in [4.69, 9.17) is 5.73 Å². The lowest BCUT2D eigenvalue weighted by atomic mass is 10.1. The highest BCUT2D eigenvalue weighted by Gasteiger charge is 2.35. The number of hydrogen-bond donors (Lipinski definition) is 1. The predicted molar refractivity (Wildman–Crippen MR) is 72.2 cm³/mol. The van der Waals surface area contributed by atoms with Crippen LogP contribution in [0.1, 0.15) is 17.5 Å². The smallest absolute Gasteiger partial charge is 0.272 e. The molecule has 1 aromatic carbocycles. The molecule has 0 bridgehead atoms. The minimum atomic E-state index is -0.503. The molecule has 2 rings (SSSR count). The van der Waals surface area contributed by atoms with E-state index in [0.717, 1.165) is 0 Å². The van der Waals surface area contributed by atoms with Gasteiger partial charge in [0, 0.05) is 30.3 Å². The minimum Gasteiger partial charge on any atom is -0.369 e. The molecule has 0 radical (unpaired) electrons. The van der Waals surface area contributed by atoms with E-state index in [2.05, 4.69) is 0 Å². The summed E-state index contributed by atoms with van der Waals surface area (Å²) in [5, 5.41) is 10.9. The van der Waals surface area contributed by atoms with Crippen molar-refractivity contribution in [2.24, 2.45) is 11.7 Å².